The molecule has 2 aromatic rings. The number of nitrogens with one attached hydrogen (secondary N) is 3. The fourth-order valence-corrected chi connectivity index (χ4v) is 4.31. The van der Waals surface area contributed by atoms with Gasteiger partial charge in [-0.1, -0.05) is 17.3 Å². The van der Waals surface area contributed by atoms with Crippen LogP contribution in [0, 0.1) is 11.8 Å². The van der Waals surface area contributed by atoms with Gasteiger partial charge in [0.15, 0.2) is 0 Å². The van der Waals surface area contributed by atoms with Crippen molar-refractivity contribution in [1.82, 2.24) is 30.9 Å². The first-order valence-corrected chi connectivity index (χ1v) is 9.78. The van der Waals surface area contributed by atoms with Crippen molar-refractivity contribution in [1.29, 1.82) is 0 Å². The molecular weight excluding hydrogens is 328 g/mol. The fraction of sp³-hybridized carbons (Fsp3) is 0.632. The Hall–Kier alpha value is -1.99. The highest BCUT2D eigenvalue weighted by Crippen LogP contribution is 2.26. The van der Waals surface area contributed by atoms with Crippen LogP contribution in [0.4, 0.5) is 0 Å². The molecule has 2 saturated heterocycles. The molecule has 4 rings (SSSR count). The van der Waals surface area contributed by atoms with E-state index in [1.807, 2.05) is 28.9 Å². The van der Waals surface area contributed by atoms with Crippen LogP contribution in [0.1, 0.15) is 25.7 Å². The minimum Gasteiger partial charge on any atom is -0.354 e. The third-order valence-electron chi connectivity index (χ3n) is 5.70. The molecule has 3 atom stereocenters. The molecule has 0 aliphatic carbocycles. The zero-order chi connectivity index (χ0) is 17.8. The van der Waals surface area contributed by atoms with Crippen molar-refractivity contribution < 1.29 is 4.79 Å². The van der Waals surface area contributed by atoms with Crippen LogP contribution in [-0.4, -0.2) is 53.1 Å². The highest BCUT2D eigenvalue weighted by atomic mass is 16.1. The Kier molecular flexibility index (Phi) is 5.45. The third-order valence-corrected chi connectivity index (χ3v) is 5.70. The summed E-state index contributed by atoms with van der Waals surface area (Å²) >= 11 is 0. The van der Waals surface area contributed by atoms with Gasteiger partial charge in [0.25, 0.3) is 0 Å². The van der Waals surface area contributed by atoms with Gasteiger partial charge in [-0.3, -0.25) is 4.79 Å². The van der Waals surface area contributed by atoms with Crippen molar-refractivity contribution in [3.63, 3.8) is 0 Å². The van der Waals surface area contributed by atoms with Gasteiger partial charge in [-0.05, 0) is 62.9 Å². The van der Waals surface area contributed by atoms with Crippen molar-refractivity contribution in [3.05, 3.63) is 24.3 Å². The van der Waals surface area contributed by atoms with E-state index in [-0.39, 0.29) is 5.91 Å². The molecule has 2 aliphatic heterocycles. The van der Waals surface area contributed by atoms with Gasteiger partial charge < -0.3 is 16.0 Å². The van der Waals surface area contributed by atoms with E-state index in [2.05, 4.69) is 26.3 Å². The topological polar surface area (TPSA) is 83.9 Å². The van der Waals surface area contributed by atoms with E-state index in [0.29, 0.717) is 25.6 Å². The van der Waals surface area contributed by atoms with Crippen LogP contribution in [0.2, 0.25) is 0 Å². The first-order valence-electron chi connectivity index (χ1n) is 9.78. The summed E-state index contributed by atoms with van der Waals surface area (Å²) in [5.41, 5.74) is 1.89. The van der Waals surface area contributed by atoms with Gasteiger partial charge in [-0.2, -0.15) is 0 Å². The molecule has 7 nitrogen and oxygen atoms in total. The largest absolute Gasteiger partial charge is 0.354 e. The number of amides is 1. The van der Waals surface area contributed by atoms with E-state index < -0.39 is 0 Å². The van der Waals surface area contributed by atoms with Gasteiger partial charge in [0.1, 0.15) is 5.52 Å². The summed E-state index contributed by atoms with van der Waals surface area (Å²) in [6.07, 6.45) is 3.96. The first-order chi connectivity index (χ1) is 12.8. The maximum absolute atomic E-state index is 12.1. The van der Waals surface area contributed by atoms with E-state index in [0.717, 1.165) is 55.3 Å². The van der Waals surface area contributed by atoms with Crippen LogP contribution in [-0.2, 0) is 11.3 Å². The second-order valence-corrected chi connectivity index (χ2v) is 7.58. The Labute approximate surface area is 153 Å². The minimum atomic E-state index is 0.130. The predicted octanol–water partition coefficient (Wildman–Crippen LogP) is 0.915. The zero-order valence-electron chi connectivity index (χ0n) is 15.2. The van der Waals surface area contributed by atoms with Crippen LogP contribution in [0.3, 0.4) is 0 Å². The molecule has 1 amide bonds. The summed E-state index contributed by atoms with van der Waals surface area (Å²) in [6.45, 7) is 4.62. The molecule has 1 aromatic carbocycles. The van der Waals surface area contributed by atoms with Gasteiger partial charge in [0.05, 0.1) is 12.1 Å². The Balaban J connectivity index is 1.15. The van der Waals surface area contributed by atoms with Crippen molar-refractivity contribution in [2.75, 3.05) is 26.2 Å². The van der Waals surface area contributed by atoms with Crippen LogP contribution >= 0.6 is 0 Å². The molecule has 0 unspecified atom stereocenters. The van der Waals surface area contributed by atoms with Gasteiger partial charge in [-0.15, -0.1) is 5.10 Å². The summed E-state index contributed by atoms with van der Waals surface area (Å²) in [5, 5.41) is 18.5. The number of hydrogen-bond acceptors (Lipinski definition) is 5. The Morgan fingerprint density at radius 1 is 1.27 bits per heavy atom. The lowest BCUT2D eigenvalue weighted by atomic mass is 9.80. The van der Waals surface area contributed by atoms with Gasteiger partial charge in [0, 0.05) is 19.0 Å². The maximum Gasteiger partial charge on any atom is 0.220 e. The zero-order valence-corrected chi connectivity index (χ0v) is 15.2. The fourth-order valence-electron chi connectivity index (χ4n) is 4.31. The minimum absolute atomic E-state index is 0.130. The summed E-state index contributed by atoms with van der Waals surface area (Å²) in [6, 6.07) is 8.44. The molecule has 0 saturated carbocycles. The molecule has 1 aromatic heterocycles. The Morgan fingerprint density at radius 2 is 2.19 bits per heavy atom. The van der Waals surface area contributed by atoms with Crippen molar-refractivity contribution >= 4 is 16.9 Å². The van der Waals surface area contributed by atoms with Crippen LogP contribution in [0.25, 0.3) is 11.0 Å². The molecule has 2 aliphatic rings. The molecule has 0 spiro atoms. The molecule has 3 heterocycles. The predicted molar refractivity (Wildman–Crippen MR) is 101 cm³/mol. The molecule has 2 fully saturated rings. The normalized spacial score (nSPS) is 25.3. The average molecular weight is 356 g/mol. The molecule has 26 heavy (non-hydrogen) atoms. The van der Waals surface area contributed by atoms with E-state index in [1.165, 1.54) is 6.42 Å². The van der Waals surface area contributed by atoms with Crippen molar-refractivity contribution in [2.24, 2.45) is 11.8 Å². The molecule has 140 valence electrons. The summed E-state index contributed by atoms with van der Waals surface area (Å²) in [5.74, 6) is 1.65. The quantitative estimate of drug-likeness (QED) is 0.687. The standard InChI is InChI=1S/C19H28N6O/c26-19(7-3-5-16-15-10-14(12-22-16)11-20-13-15)21-8-9-25-18-6-2-1-4-17(18)23-24-25/h1-2,4,6,14-16,20,22H,3,5,7-13H2,(H,21,26)/t14-,15+,16-/m0/s1. The average Bonchev–Trinajstić information content (AvgIpc) is 3.07. The van der Waals surface area contributed by atoms with Crippen molar-refractivity contribution in [3.8, 4) is 0 Å². The van der Waals surface area contributed by atoms with E-state index in [1.54, 1.807) is 0 Å². The highest BCUT2D eigenvalue weighted by molar-refractivity contribution is 5.76. The molecule has 0 radical (unpaired) electrons. The summed E-state index contributed by atoms with van der Waals surface area (Å²) in [7, 11) is 0. The second-order valence-electron chi connectivity index (χ2n) is 7.58. The number of benzene rings is 1. The number of fused-ring (bicyclic) bond motifs is 3. The number of aromatic nitrogens is 3. The Morgan fingerprint density at radius 3 is 3.15 bits per heavy atom. The lowest BCUT2D eigenvalue weighted by molar-refractivity contribution is -0.121. The van der Waals surface area contributed by atoms with Gasteiger partial charge in [-0.25, -0.2) is 4.68 Å². The maximum atomic E-state index is 12.1. The van der Waals surface area contributed by atoms with Gasteiger partial charge in [0.2, 0.25) is 5.91 Å². The van der Waals surface area contributed by atoms with Crippen LogP contribution in [0.5, 0.6) is 0 Å². The third kappa shape index (κ3) is 4.04. The molecule has 7 heteroatoms. The van der Waals surface area contributed by atoms with Crippen LogP contribution < -0.4 is 16.0 Å². The van der Waals surface area contributed by atoms with Crippen LogP contribution in [0.15, 0.2) is 24.3 Å². The summed E-state index contributed by atoms with van der Waals surface area (Å²) < 4.78 is 1.84. The monoisotopic (exact) mass is 356 g/mol. The first kappa shape index (κ1) is 17.4. The number of carbonyl (C=O) groups excluding carboxylic acids is 1. The molecule has 3 N–H and O–H groups in total. The lowest BCUT2D eigenvalue weighted by Crippen LogP contribution is -2.54. The number of carbonyl (C=O) groups is 1. The smallest absolute Gasteiger partial charge is 0.220 e. The van der Waals surface area contributed by atoms with Gasteiger partial charge >= 0.3 is 0 Å². The number of piperidine rings is 2. The van der Waals surface area contributed by atoms with E-state index in [4.69, 9.17) is 0 Å². The summed E-state index contributed by atoms with van der Waals surface area (Å²) in [4.78, 5) is 12.1. The molecular formula is C19H28N6O. The molecule has 2 bridgehead atoms. The van der Waals surface area contributed by atoms with E-state index in [9.17, 15) is 4.79 Å². The lowest BCUT2D eigenvalue weighted by Gasteiger charge is -2.41. The number of para-hydroxylation sites is 1. The number of rotatable bonds is 7. The second kappa shape index (κ2) is 8.14. The Bertz CT molecular complexity index is 744. The van der Waals surface area contributed by atoms with Crippen molar-refractivity contribution in [2.45, 2.75) is 38.3 Å². The number of nitrogens with zero attached hydrogens (tertiary/aromatic N) is 3. The SMILES string of the molecule is O=C(CCC[C@@H]1NC[C@@H]2CNC[C@H]1C2)NCCn1nnc2ccccc21. The number of hydrogen-bond donors (Lipinski definition) is 3. The highest BCUT2D eigenvalue weighted by Gasteiger charge is 2.32. The van der Waals surface area contributed by atoms with E-state index >= 15 is 0 Å².